The lowest BCUT2D eigenvalue weighted by Gasteiger charge is -2.07. The van der Waals surface area contributed by atoms with Crippen molar-refractivity contribution in [1.82, 2.24) is 5.32 Å². The standard InChI is InChI=1S/C9H17NO2S/c1-7(13)12-6-9(11)10-5-4-8-2-3-8/h7-8,13H,2-6H2,1H3,(H,10,11). The van der Waals surface area contributed by atoms with Crippen molar-refractivity contribution in [2.45, 2.75) is 31.6 Å². The predicted molar refractivity (Wildman–Crippen MR) is 54.8 cm³/mol. The highest BCUT2D eigenvalue weighted by molar-refractivity contribution is 7.80. The molecule has 13 heavy (non-hydrogen) atoms. The summed E-state index contributed by atoms with van der Waals surface area (Å²) in [6.07, 6.45) is 3.78. The van der Waals surface area contributed by atoms with E-state index in [1.165, 1.54) is 12.8 Å². The van der Waals surface area contributed by atoms with E-state index in [0.717, 1.165) is 18.9 Å². The number of rotatable bonds is 6. The van der Waals surface area contributed by atoms with Crippen molar-refractivity contribution in [3.8, 4) is 0 Å². The quantitative estimate of drug-likeness (QED) is 0.503. The average molecular weight is 203 g/mol. The van der Waals surface area contributed by atoms with E-state index in [9.17, 15) is 4.79 Å². The average Bonchev–Trinajstić information content (AvgIpc) is 2.84. The molecule has 1 aliphatic rings. The Hall–Kier alpha value is -0.220. The molecule has 1 amide bonds. The van der Waals surface area contributed by atoms with Gasteiger partial charge in [0.05, 0.1) is 5.44 Å². The minimum atomic E-state index is -0.172. The largest absolute Gasteiger partial charge is 0.358 e. The first-order valence-electron chi connectivity index (χ1n) is 4.75. The van der Waals surface area contributed by atoms with Gasteiger partial charge in [0.15, 0.2) is 0 Å². The fourth-order valence-corrected chi connectivity index (χ4v) is 1.14. The Bertz CT molecular complexity index is 169. The van der Waals surface area contributed by atoms with E-state index in [1.54, 1.807) is 6.92 Å². The summed E-state index contributed by atoms with van der Waals surface area (Å²) in [5, 5.41) is 2.81. The lowest BCUT2D eigenvalue weighted by Crippen LogP contribution is -2.29. The summed E-state index contributed by atoms with van der Waals surface area (Å²) in [6, 6.07) is 0. The molecule has 1 saturated carbocycles. The Balaban J connectivity index is 1.90. The van der Waals surface area contributed by atoms with E-state index >= 15 is 0 Å². The molecule has 3 nitrogen and oxygen atoms in total. The monoisotopic (exact) mass is 203 g/mol. The summed E-state index contributed by atoms with van der Waals surface area (Å²) < 4.78 is 5.03. The molecule has 0 aliphatic heterocycles. The van der Waals surface area contributed by atoms with Crippen LogP contribution in [0.25, 0.3) is 0 Å². The maximum Gasteiger partial charge on any atom is 0.246 e. The topological polar surface area (TPSA) is 38.3 Å². The molecule has 0 aromatic heterocycles. The summed E-state index contributed by atoms with van der Waals surface area (Å²) >= 11 is 4.00. The van der Waals surface area contributed by atoms with Crippen molar-refractivity contribution in [2.75, 3.05) is 13.2 Å². The second kappa shape index (κ2) is 5.50. The molecular formula is C9H17NO2S. The molecule has 1 fully saturated rings. The Labute approximate surface area is 84.6 Å². The molecule has 76 valence electrons. The van der Waals surface area contributed by atoms with Crippen LogP contribution in [0.15, 0.2) is 0 Å². The lowest BCUT2D eigenvalue weighted by molar-refractivity contribution is -0.125. The molecule has 0 heterocycles. The Kier molecular flexibility index (Phi) is 4.59. The van der Waals surface area contributed by atoms with Gasteiger partial charge in [0.2, 0.25) is 5.91 Å². The normalized spacial score (nSPS) is 18.3. The second-order valence-corrected chi connectivity index (χ2v) is 4.22. The number of nitrogens with one attached hydrogen (secondary N) is 1. The third kappa shape index (κ3) is 5.93. The molecule has 1 atom stereocenters. The summed E-state index contributed by atoms with van der Waals surface area (Å²) in [6.45, 7) is 2.70. The van der Waals surface area contributed by atoms with Crippen LogP contribution in [0.2, 0.25) is 0 Å². The molecule has 1 aliphatic carbocycles. The van der Waals surface area contributed by atoms with Crippen LogP contribution < -0.4 is 5.32 Å². The van der Waals surface area contributed by atoms with Gasteiger partial charge in [0.25, 0.3) is 0 Å². The fourth-order valence-electron chi connectivity index (χ4n) is 1.07. The van der Waals surface area contributed by atoms with Gasteiger partial charge in [-0.15, -0.1) is 12.6 Å². The molecule has 1 unspecified atom stereocenters. The maximum absolute atomic E-state index is 11.1. The number of thiol groups is 1. The number of carbonyl (C=O) groups excluding carboxylic acids is 1. The van der Waals surface area contributed by atoms with Gasteiger partial charge in [0, 0.05) is 6.54 Å². The molecule has 4 heteroatoms. The number of amides is 1. The van der Waals surface area contributed by atoms with Gasteiger partial charge in [-0.2, -0.15) is 0 Å². The van der Waals surface area contributed by atoms with E-state index in [0.29, 0.717) is 0 Å². The van der Waals surface area contributed by atoms with E-state index in [4.69, 9.17) is 4.74 Å². The van der Waals surface area contributed by atoms with Crippen LogP contribution in [-0.4, -0.2) is 24.5 Å². The van der Waals surface area contributed by atoms with Crippen LogP contribution >= 0.6 is 12.6 Å². The summed E-state index contributed by atoms with van der Waals surface area (Å²) in [4.78, 5) is 11.1. The van der Waals surface area contributed by atoms with Crippen molar-refractivity contribution in [3.63, 3.8) is 0 Å². The smallest absolute Gasteiger partial charge is 0.246 e. The zero-order valence-electron chi connectivity index (χ0n) is 7.95. The van der Waals surface area contributed by atoms with Crippen molar-refractivity contribution in [1.29, 1.82) is 0 Å². The molecule has 0 radical (unpaired) electrons. The van der Waals surface area contributed by atoms with Crippen molar-refractivity contribution in [3.05, 3.63) is 0 Å². The first-order chi connectivity index (χ1) is 6.18. The van der Waals surface area contributed by atoms with Crippen molar-refractivity contribution >= 4 is 18.5 Å². The number of hydrogen-bond acceptors (Lipinski definition) is 3. The van der Waals surface area contributed by atoms with Gasteiger partial charge in [-0.1, -0.05) is 12.8 Å². The van der Waals surface area contributed by atoms with Crippen molar-refractivity contribution in [2.24, 2.45) is 5.92 Å². The van der Waals surface area contributed by atoms with Crippen molar-refractivity contribution < 1.29 is 9.53 Å². The molecule has 1 N–H and O–H groups in total. The van der Waals surface area contributed by atoms with E-state index < -0.39 is 0 Å². The molecular weight excluding hydrogens is 186 g/mol. The number of hydrogen-bond donors (Lipinski definition) is 2. The fraction of sp³-hybridized carbons (Fsp3) is 0.889. The summed E-state index contributed by atoms with van der Waals surface area (Å²) in [5.41, 5.74) is -0.172. The van der Waals surface area contributed by atoms with Crippen LogP contribution in [0.1, 0.15) is 26.2 Å². The Morgan fingerprint density at radius 2 is 2.38 bits per heavy atom. The van der Waals surface area contributed by atoms with Gasteiger partial charge in [-0.3, -0.25) is 4.79 Å². The van der Waals surface area contributed by atoms with Gasteiger partial charge in [-0.25, -0.2) is 0 Å². The zero-order chi connectivity index (χ0) is 9.68. The highest BCUT2D eigenvalue weighted by Crippen LogP contribution is 2.31. The summed E-state index contributed by atoms with van der Waals surface area (Å²) in [5.74, 6) is 0.826. The minimum absolute atomic E-state index is 0.0402. The van der Waals surface area contributed by atoms with E-state index in [2.05, 4.69) is 17.9 Å². The molecule has 1 rings (SSSR count). The predicted octanol–water partition coefficient (Wildman–Crippen LogP) is 1.20. The zero-order valence-corrected chi connectivity index (χ0v) is 8.85. The first kappa shape index (κ1) is 10.9. The molecule has 0 aromatic carbocycles. The molecule has 0 aromatic rings. The maximum atomic E-state index is 11.1. The van der Waals surface area contributed by atoms with Gasteiger partial charge in [-0.05, 0) is 19.3 Å². The Morgan fingerprint density at radius 3 is 2.92 bits per heavy atom. The number of ether oxygens (including phenoxy) is 1. The van der Waals surface area contributed by atoms with Gasteiger partial charge in [0.1, 0.15) is 6.61 Å². The van der Waals surface area contributed by atoms with Crippen LogP contribution in [0.3, 0.4) is 0 Å². The molecule has 0 bridgehead atoms. The van der Waals surface area contributed by atoms with Crippen LogP contribution in [0, 0.1) is 5.92 Å². The highest BCUT2D eigenvalue weighted by atomic mass is 32.1. The first-order valence-corrected chi connectivity index (χ1v) is 5.26. The Morgan fingerprint density at radius 1 is 1.69 bits per heavy atom. The third-order valence-corrected chi connectivity index (χ3v) is 2.18. The highest BCUT2D eigenvalue weighted by Gasteiger charge is 2.20. The van der Waals surface area contributed by atoms with Crippen LogP contribution in [0.4, 0.5) is 0 Å². The molecule has 0 saturated heterocycles. The van der Waals surface area contributed by atoms with Crippen LogP contribution in [-0.2, 0) is 9.53 Å². The minimum Gasteiger partial charge on any atom is -0.358 e. The summed E-state index contributed by atoms with van der Waals surface area (Å²) in [7, 11) is 0. The van der Waals surface area contributed by atoms with E-state index in [-0.39, 0.29) is 18.0 Å². The molecule has 0 spiro atoms. The van der Waals surface area contributed by atoms with Crippen LogP contribution in [0.5, 0.6) is 0 Å². The number of carbonyl (C=O) groups is 1. The van der Waals surface area contributed by atoms with Gasteiger partial charge >= 0.3 is 0 Å². The van der Waals surface area contributed by atoms with Gasteiger partial charge < -0.3 is 10.1 Å². The lowest BCUT2D eigenvalue weighted by atomic mass is 10.3. The second-order valence-electron chi connectivity index (χ2n) is 3.49. The SMILES string of the molecule is CC(S)OCC(=O)NCCC1CC1. The van der Waals surface area contributed by atoms with E-state index in [1.807, 2.05) is 0 Å². The third-order valence-electron chi connectivity index (χ3n) is 2.03.